The molecular weight excluding hydrogens is 242 g/mol. The van der Waals surface area contributed by atoms with E-state index in [9.17, 15) is 0 Å². The maximum absolute atomic E-state index is 5.60. The van der Waals surface area contributed by atoms with Crippen molar-refractivity contribution in [3.05, 3.63) is 72.5 Å². The van der Waals surface area contributed by atoms with Gasteiger partial charge in [-0.1, -0.05) is 74.4 Å². The van der Waals surface area contributed by atoms with Crippen molar-refractivity contribution in [3.8, 4) is 12.3 Å². The van der Waals surface area contributed by atoms with Crippen LogP contribution < -0.4 is 0 Å². The van der Waals surface area contributed by atoms with Crippen LogP contribution in [0.1, 0.15) is 32.4 Å². The molecule has 0 bridgehead atoms. The first kappa shape index (κ1) is 17.8. The van der Waals surface area contributed by atoms with Gasteiger partial charge in [0.05, 0.1) is 0 Å². The van der Waals surface area contributed by atoms with Gasteiger partial charge in [0.2, 0.25) is 0 Å². The van der Waals surface area contributed by atoms with E-state index in [0.29, 0.717) is 0 Å². The molecule has 0 aliphatic carbocycles. The monoisotopic (exact) mass is 267 g/mol. The van der Waals surface area contributed by atoms with E-state index in [1.54, 1.807) is 0 Å². The molecule has 1 aromatic rings. The predicted molar refractivity (Wildman–Crippen MR) is 90.2 cm³/mol. The highest BCUT2D eigenvalue weighted by Gasteiger charge is 2.09. The SMILES string of the molecule is C#CC(c1ccccc1)N(C)/C=C/C=C\C=C/C.CC. The van der Waals surface area contributed by atoms with E-state index >= 15 is 0 Å². The molecule has 1 unspecified atom stereocenters. The molecule has 0 saturated heterocycles. The minimum atomic E-state index is -0.0300. The van der Waals surface area contributed by atoms with Crippen molar-refractivity contribution in [1.82, 2.24) is 4.90 Å². The Morgan fingerprint density at radius 3 is 2.20 bits per heavy atom. The van der Waals surface area contributed by atoms with Gasteiger partial charge in [-0.2, -0.15) is 0 Å². The van der Waals surface area contributed by atoms with Crippen molar-refractivity contribution < 1.29 is 0 Å². The van der Waals surface area contributed by atoms with Crippen molar-refractivity contribution in [2.24, 2.45) is 0 Å². The molecule has 1 rings (SSSR count). The minimum absolute atomic E-state index is 0.0300. The molecule has 0 amide bonds. The normalized spacial score (nSPS) is 12.2. The van der Waals surface area contributed by atoms with Gasteiger partial charge >= 0.3 is 0 Å². The van der Waals surface area contributed by atoms with Gasteiger partial charge < -0.3 is 4.90 Å². The highest BCUT2D eigenvalue weighted by Crippen LogP contribution is 2.18. The molecule has 0 aromatic heterocycles. The highest BCUT2D eigenvalue weighted by atomic mass is 15.1. The molecular formula is C19H25N. The van der Waals surface area contributed by atoms with E-state index in [2.05, 4.69) is 5.92 Å². The average Bonchev–Trinajstić information content (AvgIpc) is 2.51. The molecule has 0 heterocycles. The maximum Gasteiger partial charge on any atom is 0.115 e. The van der Waals surface area contributed by atoms with Gasteiger partial charge in [0.25, 0.3) is 0 Å². The Balaban J connectivity index is 0.00000172. The summed E-state index contributed by atoms with van der Waals surface area (Å²) >= 11 is 0. The third-order valence-corrected chi connectivity index (χ3v) is 2.53. The van der Waals surface area contributed by atoms with Crippen LogP contribution in [0, 0.1) is 12.3 Å². The van der Waals surface area contributed by atoms with Crippen molar-refractivity contribution in [2.45, 2.75) is 26.8 Å². The van der Waals surface area contributed by atoms with Gasteiger partial charge in [0.15, 0.2) is 0 Å². The van der Waals surface area contributed by atoms with Gasteiger partial charge in [-0.3, -0.25) is 0 Å². The number of rotatable bonds is 5. The summed E-state index contributed by atoms with van der Waals surface area (Å²) in [5.74, 6) is 2.81. The third kappa shape index (κ3) is 6.66. The molecule has 106 valence electrons. The number of nitrogens with zero attached hydrogens (tertiary/aromatic N) is 1. The summed E-state index contributed by atoms with van der Waals surface area (Å²) in [5, 5.41) is 0. The Morgan fingerprint density at radius 2 is 1.65 bits per heavy atom. The zero-order valence-electron chi connectivity index (χ0n) is 13.0. The number of benzene rings is 1. The van der Waals surface area contributed by atoms with Crippen molar-refractivity contribution >= 4 is 0 Å². The first-order valence-corrected chi connectivity index (χ1v) is 6.98. The lowest BCUT2D eigenvalue weighted by molar-refractivity contribution is 0.405. The standard InChI is InChI=1S/C17H19N.C2H6/c1-4-6-7-8-12-15-18(3)17(5-2)16-13-10-9-11-14-16;1-2/h2,4,6-15,17H,1,3H3;1-2H3/b6-4-,8-7-,15-12+;. The zero-order chi connectivity index (χ0) is 15.2. The van der Waals surface area contributed by atoms with Crippen molar-refractivity contribution in [2.75, 3.05) is 7.05 Å². The second kappa shape index (κ2) is 11.9. The summed E-state index contributed by atoms with van der Waals surface area (Å²) in [7, 11) is 1.98. The largest absolute Gasteiger partial charge is 0.363 e. The Labute approximate surface area is 124 Å². The Kier molecular flexibility index (Phi) is 10.6. The summed E-state index contributed by atoms with van der Waals surface area (Å²) in [6, 6.07) is 10.1. The molecule has 0 radical (unpaired) electrons. The van der Waals surface area contributed by atoms with E-state index in [-0.39, 0.29) is 6.04 Å². The molecule has 20 heavy (non-hydrogen) atoms. The van der Waals surface area contributed by atoms with Gasteiger partial charge in [0, 0.05) is 13.2 Å². The molecule has 0 N–H and O–H groups in total. The van der Waals surface area contributed by atoms with Gasteiger partial charge in [-0.25, -0.2) is 0 Å². The maximum atomic E-state index is 5.60. The van der Waals surface area contributed by atoms with Gasteiger partial charge in [-0.15, -0.1) is 6.42 Å². The molecule has 1 nitrogen and oxygen atoms in total. The smallest absolute Gasteiger partial charge is 0.115 e. The lowest BCUT2D eigenvalue weighted by atomic mass is 10.1. The predicted octanol–water partition coefficient (Wildman–Crippen LogP) is 4.96. The van der Waals surface area contributed by atoms with E-state index in [1.807, 2.05) is 99.6 Å². The van der Waals surface area contributed by atoms with Crippen LogP contribution in [-0.2, 0) is 0 Å². The molecule has 1 aromatic carbocycles. The Hall–Kier alpha value is -2.20. The fourth-order valence-corrected chi connectivity index (χ4v) is 1.60. The zero-order valence-corrected chi connectivity index (χ0v) is 13.0. The van der Waals surface area contributed by atoms with Crippen LogP contribution >= 0.6 is 0 Å². The Bertz CT molecular complexity index is 460. The number of terminal acetylenes is 1. The second-order valence-corrected chi connectivity index (χ2v) is 3.90. The van der Waals surface area contributed by atoms with Crippen LogP contribution in [0.3, 0.4) is 0 Å². The molecule has 0 fully saturated rings. The van der Waals surface area contributed by atoms with Crippen LogP contribution in [0.25, 0.3) is 0 Å². The summed E-state index contributed by atoms with van der Waals surface area (Å²) in [6.45, 7) is 5.99. The molecule has 1 heteroatoms. The van der Waals surface area contributed by atoms with Crippen molar-refractivity contribution in [1.29, 1.82) is 0 Å². The first-order valence-electron chi connectivity index (χ1n) is 6.98. The summed E-state index contributed by atoms with van der Waals surface area (Å²) in [6.07, 6.45) is 17.5. The third-order valence-electron chi connectivity index (χ3n) is 2.53. The van der Waals surface area contributed by atoms with E-state index in [0.717, 1.165) is 5.56 Å². The number of hydrogen-bond acceptors (Lipinski definition) is 1. The average molecular weight is 267 g/mol. The number of hydrogen-bond donors (Lipinski definition) is 0. The topological polar surface area (TPSA) is 3.24 Å². The van der Waals surface area contributed by atoms with Gasteiger partial charge in [-0.05, 0) is 18.6 Å². The summed E-state index contributed by atoms with van der Waals surface area (Å²) in [5.41, 5.74) is 1.13. The first-order chi connectivity index (χ1) is 9.79. The van der Waals surface area contributed by atoms with E-state index < -0.39 is 0 Å². The fraction of sp³-hybridized carbons (Fsp3) is 0.263. The van der Waals surface area contributed by atoms with Gasteiger partial charge in [0.1, 0.15) is 6.04 Å². The number of allylic oxidation sites excluding steroid dienone is 5. The lowest BCUT2D eigenvalue weighted by Gasteiger charge is -2.22. The van der Waals surface area contributed by atoms with Crippen LogP contribution in [0.15, 0.2) is 66.9 Å². The van der Waals surface area contributed by atoms with Crippen molar-refractivity contribution in [3.63, 3.8) is 0 Å². The molecule has 0 aliphatic heterocycles. The summed E-state index contributed by atoms with van der Waals surface area (Å²) in [4.78, 5) is 2.02. The van der Waals surface area contributed by atoms with Crippen LogP contribution in [-0.4, -0.2) is 11.9 Å². The van der Waals surface area contributed by atoms with Crippen LogP contribution in [0.4, 0.5) is 0 Å². The molecule has 0 aliphatic rings. The quantitative estimate of drug-likeness (QED) is 0.538. The van der Waals surface area contributed by atoms with Crippen LogP contribution in [0.5, 0.6) is 0 Å². The van der Waals surface area contributed by atoms with Crippen LogP contribution in [0.2, 0.25) is 0 Å². The molecule has 0 spiro atoms. The van der Waals surface area contributed by atoms with E-state index in [4.69, 9.17) is 6.42 Å². The highest BCUT2D eigenvalue weighted by molar-refractivity contribution is 5.26. The second-order valence-electron chi connectivity index (χ2n) is 3.90. The molecule has 1 atom stereocenters. The van der Waals surface area contributed by atoms with E-state index in [1.165, 1.54) is 0 Å². The minimum Gasteiger partial charge on any atom is -0.363 e. The lowest BCUT2D eigenvalue weighted by Crippen LogP contribution is -2.17. The molecule has 0 saturated carbocycles. The Morgan fingerprint density at radius 1 is 1.05 bits per heavy atom. The fourth-order valence-electron chi connectivity index (χ4n) is 1.60. The summed E-state index contributed by atoms with van der Waals surface area (Å²) < 4.78 is 0.